The first-order valence-corrected chi connectivity index (χ1v) is 6.00. The Morgan fingerprint density at radius 1 is 1.61 bits per heavy atom. The highest BCUT2D eigenvalue weighted by Gasteiger charge is 2.17. The summed E-state index contributed by atoms with van der Waals surface area (Å²) in [5.74, 6) is -0.0849. The molecule has 0 spiro atoms. The van der Waals surface area contributed by atoms with Crippen LogP contribution >= 0.6 is 11.8 Å². The molecule has 1 aromatic rings. The molecule has 0 radical (unpaired) electrons. The first kappa shape index (κ1) is 14.2. The average molecular weight is 269 g/mol. The Hall–Kier alpha value is -1.83. The lowest BCUT2D eigenvalue weighted by atomic mass is 10.3. The third-order valence-corrected chi connectivity index (χ3v) is 2.57. The molecular weight excluding hydrogens is 254 g/mol. The minimum absolute atomic E-state index is 0.149. The molecule has 0 fully saturated rings. The summed E-state index contributed by atoms with van der Waals surface area (Å²) in [7, 11) is 3.56. The van der Waals surface area contributed by atoms with Gasteiger partial charge >= 0.3 is 5.97 Å². The molecule has 18 heavy (non-hydrogen) atoms. The molecule has 0 aliphatic heterocycles. The number of nitrogens with one attached hydrogen (secondary N) is 1. The molecule has 8 heteroatoms. The van der Waals surface area contributed by atoms with E-state index in [1.54, 1.807) is 25.9 Å². The largest absolute Gasteiger partial charge is 0.462 e. The monoisotopic (exact) mass is 269 g/mol. The minimum Gasteiger partial charge on any atom is -0.462 e. The zero-order valence-corrected chi connectivity index (χ0v) is 11.2. The molecule has 0 atom stereocenters. The number of nitrogens with zero attached hydrogens (tertiary/aromatic N) is 3. The van der Waals surface area contributed by atoms with Gasteiger partial charge < -0.3 is 15.4 Å². The van der Waals surface area contributed by atoms with Crippen molar-refractivity contribution in [2.24, 2.45) is 5.73 Å². The number of hydrogen-bond acceptors (Lipinski definition) is 7. The first-order chi connectivity index (χ1) is 8.45. The molecule has 1 rings (SSSR count). The Labute approximate surface area is 109 Å². The number of nitrogens with two attached hydrogens (primary N) is 1. The maximum absolute atomic E-state index is 11.7. The average Bonchev–Trinajstić information content (AvgIpc) is 2.28. The van der Waals surface area contributed by atoms with Gasteiger partial charge in [-0.3, -0.25) is 5.41 Å². The van der Waals surface area contributed by atoms with Crippen molar-refractivity contribution in [3.8, 4) is 0 Å². The molecule has 3 N–H and O–H groups in total. The number of rotatable bonds is 4. The molecule has 0 aromatic carbocycles. The van der Waals surface area contributed by atoms with Gasteiger partial charge in [0.25, 0.3) is 0 Å². The van der Waals surface area contributed by atoms with Gasteiger partial charge in [0, 0.05) is 20.3 Å². The number of hydrogen-bond donors (Lipinski definition) is 2. The van der Waals surface area contributed by atoms with E-state index in [1.165, 1.54) is 6.20 Å². The van der Waals surface area contributed by atoms with E-state index in [-0.39, 0.29) is 17.3 Å². The van der Waals surface area contributed by atoms with Gasteiger partial charge in [-0.25, -0.2) is 14.8 Å². The van der Waals surface area contributed by atoms with Crippen LogP contribution in [0.2, 0.25) is 0 Å². The van der Waals surface area contributed by atoms with Crippen molar-refractivity contribution in [2.45, 2.75) is 11.9 Å². The molecule has 0 unspecified atom stereocenters. The standard InChI is InChI=1S/C10H15N5O2S/c1-4-17-8(16)6-5-13-10(15(2)3)14-7(6)18-9(11)12/h5H,4H2,1-3H3,(H3,11,12). The van der Waals surface area contributed by atoms with Crippen molar-refractivity contribution in [1.29, 1.82) is 5.41 Å². The van der Waals surface area contributed by atoms with Crippen molar-refractivity contribution >= 4 is 28.8 Å². The number of carbonyl (C=O) groups is 1. The van der Waals surface area contributed by atoms with Crippen molar-refractivity contribution in [3.63, 3.8) is 0 Å². The molecule has 1 aromatic heterocycles. The van der Waals surface area contributed by atoms with E-state index in [9.17, 15) is 4.79 Å². The van der Waals surface area contributed by atoms with Crippen LogP contribution in [0.25, 0.3) is 0 Å². The molecule has 0 saturated carbocycles. The van der Waals surface area contributed by atoms with Gasteiger partial charge in [-0.1, -0.05) is 0 Å². The van der Waals surface area contributed by atoms with E-state index in [0.717, 1.165) is 11.8 Å². The second kappa shape index (κ2) is 6.20. The highest BCUT2D eigenvalue weighted by Crippen LogP contribution is 2.22. The predicted octanol–water partition coefficient (Wildman–Crippen LogP) is 0.705. The summed E-state index contributed by atoms with van der Waals surface area (Å²) < 4.78 is 4.89. The lowest BCUT2D eigenvalue weighted by Crippen LogP contribution is -2.16. The highest BCUT2D eigenvalue weighted by atomic mass is 32.2. The summed E-state index contributed by atoms with van der Waals surface area (Å²) in [6.45, 7) is 1.98. The Kier molecular flexibility index (Phi) is 4.90. The van der Waals surface area contributed by atoms with Gasteiger partial charge in [-0.2, -0.15) is 0 Å². The predicted molar refractivity (Wildman–Crippen MR) is 70.1 cm³/mol. The number of esters is 1. The lowest BCUT2D eigenvalue weighted by molar-refractivity contribution is 0.0521. The SMILES string of the molecule is CCOC(=O)c1cnc(N(C)C)nc1SC(=N)N. The smallest absolute Gasteiger partial charge is 0.342 e. The first-order valence-electron chi connectivity index (χ1n) is 5.19. The molecule has 1 heterocycles. The summed E-state index contributed by atoms with van der Waals surface area (Å²) in [4.78, 5) is 21.6. The Balaban J connectivity index is 3.15. The van der Waals surface area contributed by atoms with E-state index in [4.69, 9.17) is 15.9 Å². The molecule has 0 aliphatic carbocycles. The van der Waals surface area contributed by atoms with Crippen molar-refractivity contribution < 1.29 is 9.53 Å². The normalized spacial score (nSPS) is 9.94. The van der Waals surface area contributed by atoms with Gasteiger partial charge in [0.2, 0.25) is 5.95 Å². The van der Waals surface area contributed by atoms with Crippen LogP contribution in [0.4, 0.5) is 5.95 Å². The maximum atomic E-state index is 11.7. The van der Waals surface area contributed by atoms with Gasteiger partial charge in [0.1, 0.15) is 10.6 Å². The Morgan fingerprint density at radius 3 is 2.78 bits per heavy atom. The zero-order valence-electron chi connectivity index (χ0n) is 10.4. The summed E-state index contributed by atoms with van der Waals surface area (Å²) in [5.41, 5.74) is 5.52. The number of anilines is 1. The fourth-order valence-corrected chi connectivity index (χ4v) is 1.69. The van der Waals surface area contributed by atoms with Crippen LogP contribution < -0.4 is 10.6 Å². The third kappa shape index (κ3) is 3.59. The Morgan fingerprint density at radius 2 is 2.28 bits per heavy atom. The molecular formula is C10H15N5O2S. The van der Waals surface area contributed by atoms with E-state index in [1.807, 2.05) is 0 Å². The molecule has 0 amide bonds. The zero-order chi connectivity index (χ0) is 13.7. The van der Waals surface area contributed by atoms with Gasteiger partial charge in [-0.15, -0.1) is 0 Å². The van der Waals surface area contributed by atoms with Crippen LogP contribution in [0, 0.1) is 5.41 Å². The molecule has 7 nitrogen and oxygen atoms in total. The second-order valence-electron chi connectivity index (χ2n) is 3.47. The summed E-state index contributed by atoms with van der Waals surface area (Å²) >= 11 is 0.893. The number of ether oxygens (including phenoxy) is 1. The lowest BCUT2D eigenvalue weighted by Gasteiger charge is -2.12. The molecule has 0 saturated heterocycles. The second-order valence-corrected chi connectivity index (χ2v) is 4.50. The fraction of sp³-hybridized carbons (Fsp3) is 0.400. The number of aromatic nitrogens is 2. The third-order valence-electron chi connectivity index (χ3n) is 1.84. The van der Waals surface area contributed by atoms with Crippen LogP contribution in [0.15, 0.2) is 11.2 Å². The molecule has 0 bridgehead atoms. The van der Waals surface area contributed by atoms with Crippen LogP contribution in [0.3, 0.4) is 0 Å². The van der Waals surface area contributed by atoms with Crippen LogP contribution in [-0.2, 0) is 4.74 Å². The topological polar surface area (TPSA) is 105 Å². The van der Waals surface area contributed by atoms with Crippen molar-refractivity contribution in [2.75, 3.05) is 25.6 Å². The molecule has 98 valence electrons. The Bertz CT molecular complexity index is 464. The van der Waals surface area contributed by atoms with Gasteiger partial charge in [0.15, 0.2) is 5.17 Å². The van der Waals surface area contributed by atoms with E-state index >= 15 is 0 Å². The van der Waals surface area contributed by atoms with Crippen LogP contribution in [0.5, 0.6) is 0 Å². The quantitative estimate of drug-likeness (QED) is 0.272. The van der Waals surface area contributed by atoms with Gasteiger partial charge in [0.05, 0.1) is 6.61 Å². The number of thioether (sulfide) groups is 1. The van der Waals surface area contributed by atoms with Crippen molar-refractivity contribution in [3.05, 3.63) is 11.8 Å². The van der Waals surface area contributed by atoms with Gasteiger partial charge in [-0.05, 0) is 18.7 Å². The maximum Gasteiger partial charge on any atom is 0.342 e. The summed E-state index contributed by atoms with van der Waals surface area (Å²) in [5, 5.41) is 7.43. The number of amidine groups is 1. The highest BCUT2D eigenvalue weighted by molar-refractivity contribution is 8.13. The van der Waals surface area contributed by atoms with E-state index in [0.29, 0.717) is 11.0 Å². The van der Waals surface area contributed by atoms with Crippen LogP contribution in [0.1, 0.15) is 17.3 Å². The summed E-state index contributed by atoms with van der Waals surface area (Å²) in [6.07, 6.45) is 1.38. The van der Waals surface area contributed by atoms with E-state index < -0.39 is 5.97 Å². The number of carbonyl (C=O) groups excluding carboxylic acids is 1. The van der Waals surface area contributed by atoms with E-state index in [2.05, 4.69) is 9.97 Å². The fourth-order valence-electron chi connectivity index (χ4n) is 1.10. The minimum atomic E-state index is -0.522. The molecule has 0 aliphatic rings. The summed E-state index contributed by atoms with van der Waals surface area (Å²) in [6, 6.07) is 0. The van der Waals surface area contributed by atoms with Crippen molar-refractivity contribution in [1.82, 2.24) is 9.97 Å². The van der Waals surface area contributed by atoms with Crippen LogP contribution in [-0.4, -0.2) is 41.8 Å².